The number of nitrogens with one attached hydrogen (secondary N) is 1. The summed E-state index contributed by atoms with van der Waals surface area (Å²) in [5, 5.41) is 2.93. The molecule has 1 amide bonds. The van der Waals surface area contributed by atoms with Gasteiger partial charge in [0.2, 0.25) is 5.91 Å². The van der Waals surface area contributed by atoms with E-state index >= 15 is 0 Å². The number of rotatable bonds is 6. The second kappa shape index (κ2) is 8.96. The highest BCUT2D eigenvalue weighted by atomic mass is 16.3. The van der Waals surface area contributed by atoms with E-state index < -0.39 is 0 Å². The quantitative estimate of drug-likeness (QED) is 0.696. The molecule has 0 unspecified atom stereocenters. The van der Waals surface area contributed by atoms with Crippen molar-refractivity contribution < 1.29 is 9.21 Å². The van der Waals surface area contributed by atoms with Gasteiger partial charge in [0.05, 0.1) is 25.0 Å². The van der Waals surface area contributed by atoms with Crippen LogP contribution in [0.4, 0.5) is 0 Å². The maximum atomic E-state index is 12.4. The molecule has 1 saturated heterocycles. The van der Waals surface area contributed by atoms with Gasteiger partial charge in [-0.05, 0) is 56.1 Å². The van der Waals surface area contributed by atoms with E-state index in [2.05, 4.69) is 20.2 Å². The standard InChI is InChI=1S/C22H25N5O2/c1-16-24-13-20(17-6-8-23-9-7-17)22(26-16)18-4-2-10-27(14-18)15-21(28)25-12-19-5-3-11-29-19/h3,5-9,11,13,18H,2,4,10,12,14-15H2,1H3,(H,25,28)/t18-/m1/s1. The van der Waals surface area contributed by atoms with Crippen molar-refractivity contribution in [2.24, 2.45) is 0 Å². The number of nitrogens with zero attached hydrogens (tertiary/aromatic N) is 4. The van der Waals surface area contributed by atoms with E-state index in [1.54, 1.807) is 18.7 Å². The Morgan fingerprint density at radius 2 is 2.17 bits per heavy atom. The van der Waals surface area contributed by atoms with Gasteiger partial charge in [0.25, 0.3) is 0 Å². The van der Waals surface area contributed by atoms with Gasteiger partial charge in [-0.2, -0.15) is 0 Å². The Morgan fingerprint density at radius 1 is 1.31 bits per heavy atom. The fraction of sp³-hybridized carbons (Fsp3) is 0.364. The van der Waals surface area contributed by atoms with E-state index in [-0.39, 0.29) is 11.8 Å². The minimum Gasteiger partial charge on any atom is -0.467 e. The first-order valence-electron chi connectivity index (χ1n) is 9.94. The second-order valence-electron chi connectivity index (χ2n) is 7.38. The molecule has 0 spiro atoms. The first kappa shape index (κ1) is 19.3. The molecule has 3 aromatic rings. The van der Waals surface area contributed by atoms with Crippen LogP contribution in [0.15, 0.2) is 53.5 Å². The molecule has 3 aromatic heterocycles. The van der Waals surface area contributed by atoms with Gasteiger partial charge in [0, 0.05) is 36.6 Å². The van der Waals surface area contributed by atoms with Crippen LogP contribution < -0.4 is 5.32 Å². The van der Waals surface area contributed by atoms with Gasteiger partial charge in [-0.1, -0.05) is 0 Å². The minimum atomic E-state index is 0.00951. The summed E-state index contributed by atoms with van der Waals surface area (Å²) >= 11 is 0. The zero-order valence-electron chi connectivity index (χ0n) is 16.5. The molecule has 7 heteroatoms. The van der Waals surface area contributed by atoms with Crippen LogP contribution in [0.2, 0.25) is 0 Å². The third-order valence-electron chi connectivity index (χ3n) is 5.23. The van der Waals surface area contributed by atoms with Gasteiger partial charge in [-0.3, -0.25) is 14.7 Å². The van der Waals surface area contributed by atoms with Crippen LogP contribution in [0.1, 0.15) is 36.0 Å². The first-order valence-corrected chi connectivity index (χ1v) is 9.94. The number of carbonyl (C=O) groups excluding carboxylic acids is 1. The second-order valence-corrected chi connectivity index (χ2v) is 7.38. The Hall–Kier alpha value is -3.06. The van der Waals surface area contributed by atoms with Crippen LogP contribution in [0.25, 0.3) is 11.1 Å². The summed E-state index contributed by atoms with van der Waals surface area (Å²) in [5.74, 6) is 1.81. The lowest BCUT2D eigenvalue weighted by Gasteiger charge is -2.32. The lowest BCUT2D eigenvalue weighted by atomic mass is 9.90. The summed E-state index contributed by atoms with van der Waals surface area (Å²) in [6.07, 6.45) is 9.18. The lowest BCUT2D eigenvalue weighted by Crippen LogP contribution is -2.42. The molecule has 1 N–H and O–H groups in total. The van der Waals surface area contributed by atoms with Gasteiger partial charge in [0.1, 0.15) is 11.6 Å². The third-order valence-corrected chi connectivity index (χ3v) is 5.23. The van der Waals surface area contributed by atoms with Crippen molar-refractivity contribution in [1.29, 1.82) is 0 Å². The van der Waals surface area contributed by atoms with Gasteiger partial charge < -0.3 is 9.73 Å². The van der Waals surface area contributed by atoms with Gasteiger partial charge >= 0.3 is 0 Å². The number of piperidine rings is 1. The highest BCUT2D eigenvalue weighted by molar-refractivity contribution is 5.78. The third kappa shape index (κ3) is 4.86. The molecule has 29 heavy (non-hydrogen) atoms. The van der Waals surface area contributed by atoms with Crippen LogP contribution in [0.3, 0.4) is 0 Å². The van der Waals surface area contributed by atoms with Crippen molar-refractivity contribution in [1.82, 2.24) is 25.2 Å². The first-order chi connectivity index (χ1) is 14.2. The number of pyridine rings is 1. The van der Waals surface area contributed by atoms with Gasteiger partial charge in [-0.15, -0.1) is 0 Å². The molecule has 4 rings (SSSR count). The minimum absolute atomic E-state index is 0.00951. The fourth-order valence-corrected chi connectivity index (χ4v) is 3.83. The van der Waals surface area contributed by atoms with Gasteiger partial charge in [0.15, 0.2) is 0 Å². The highest BCUT2D eigenvalue weighted by Gasteiger charge is 2.26. The van der Waals surface area contributed by atoms with Crippen molar-refractivity contribution in [3.05, 3.63) is 66.4 Å². The lowest BCUT2D eigenvalue weighted by molar-refractivity contribution is -0.122. The molecule has 150 valence electrons. The molecule has 1 aliphatic rings. The largest absolute Gasteiger partial charge is 0.467 e. The van der Waals surface area contributed by atoms with Crippen LogP contribution in [0, 0.1) is 6.92 Å². The number of aryl methyl sites for hydroxylation is 1. The molecule has 0 saturated carbocycles. The van der Waals surface area contributed by atoms with E-state index in [1.165, 1.54) is 0 Å². The summed E-state index contributed by atoms with van der Waals surface area (Å²) in [6, 6.07) is 7.65. The van der Waals surface area contributed by atoms with Crippen molar-refractivity contribution in [2.45, 2.75) is 32.2 Å². The van der Waals surface area contributed by atoms with E-state index in [9.17, 15) is 4.79 Å². The van der Waals surface area contributed by atoms with E-state index in [0.717, 1.165) is 54.3 Å². The maximum Gasteiger partial charge on any atom is 0.234 e. The van der Waals surface area contributed by atoms with E-state index in [0.29, 0.717) is 13.1 Å². The number of likely N-dealkylation sites (tertiary alicyclic amines) is 1. The summed E-state index contributed by atoms with van der Waals surface area (Å²) < 4.78 is 5.27. The van der Waals surface area contributed by atoms with Crippen LogP contribution in [-0.4, -0.2) is 45.4 Å². The zero-order chi connectivity index (χ0) is 20.1. The van der Waals surface area contributed by atoms with Crippen molar-refractivity contribution in [2.75, 3.05) is 19.6 Å². The van der Waals surface area contributed by atoms with Crippen molar-refractivity contribution in [3.8, 4) is 11.1 Å². The van der Waals surface area contributed by atoms with Gasteiger partial charge in [-0.25, -0.2) is 9.97 Å². The summed E-state index contributed by atoms with van der Waals surface area (Å²) in [7, 11) is 0. The zero-order valence-corrected chi connectivity index (χ0v) is 16.5. The average molecular weight is 391 g/mol. The Labute approximate surface area is 170 Å². The summed E-state index contributed by atoms with van der Waals surface area (Å²) in [4.78, 5) is 27.9. The molecule has 4 heterocycles. The highest BCUT2D eigenvalue weighted by Crippen LogP contribution is 2.32. The fourth-order valence-electron chi connectivity index (χ4n) is 3.83. The Kier molecular flexibility index (Phi) is 5.95. The van der Waals surface area contributed by atoms with E-state index in [1.807, 2.05) is 37.4 Å². The molecular weight excluding hydrogens is 366 g/mol. The summed E-state index contributed by atoms with van der Waals surface area (Å²) in [5.41, 5.74) is 3.18. The number of aromatic nitrogens is 3. The number of carbonyl (C=O) groups is 1. The predicted octanol–water partition coefficient (Wildman–Crippen LogP) is 2.94. The SMILES string of the molecule is Cc1ncc(-c2ccncc2)c([C@@H]2CCCN(CC(=O)NCc3ccco3)C2)n1. The van der Waals surface area contributed by atoms with Crippen LogP contribution in [0.5, 0.6) is 0 Å². The summed E-state index contributed by atoms with van der Waals surface area (Å²) in [6.45, 7) is 4.44. The normalized spacial score (nSPS) is 17.2. The molecule has 0 radical (unpaired) electrons. The van der Waals surface area contributed by atoms with Crippen LogP contribution >= 0.6 is 0 Å². The average Bonchev–Trinajstić information content (AvgIpc) is 3.27. The molecule has 1 fully saturated rings. The Bertz CT molecular complexity index is 943. The molecule has 1 aliphatic heterocycles. The Balaban J connectivity index is 1.44. The number of hydrogen-bond acceptors (Lipinski definition) is 6. The molecular formula is C22H25N5O2. The monoisotopic (exact) mass is 391 g/mol. The number of amides is 1. The maximum absolute atomic E-state index is 12.4. The van der Waals surface area contributed by atoms with Crippen LogP contribution in [-0.2, 0) is 11.3 Å². The molecule has 0 bridgehead atoms. The van der Waals surface area contributed by atoms with Crippen molar-refractivity contribution >= 4 is 5.91 Å². The predicted molar refractivity (Wildman–Crippen MR) is 109 cm³/mol. The molecule has 0 aromatic carbocycles. The van der Waals surface area contributed by atoms with E-state index in [4.69, 9.17) is 9.40 Å². The topological polar surface area (TPSA) is 84.2 Å². The number of hydrogen-bond donors (Lipinski definition) is 1. The molecule has 0 aliphatic carbocycles. The molecule has 1 atom stereocenters. The Morgan fingerprint density at radius 3 is 2.97 bits per heavy atom. The smallest absolute Gasteiger partial charge is 0.234 e. The van der Waals surface area contributed by atoms with Crippen molar-refractivity contribution in [3.63, 3.8) is 0 Å². The molecule has 7 nitrogen and oxygen atoms in total. The number of furan rings is 1.